The lowest BCUT2D eigenvalue weighted by Gasteiger charge is -2.16. The number of carbonyl (C=O) groups excluding carboxylic acids is 1. The monoisotopic (exact) mass is 415 g/mol. The highest BCUT2D eigenvalue weighted by Gasteiger charge is 2.50. The van der Waals surface area contributed by atoms with E-state index in [-0.39, 0.29) is 12.6 Å². The molecule has 2 N–H and O–H groups in total. The molecule has 0 amide bonds. The molecule has 0 aromatic heterocycles. The molecule has 0 spiro atoms. The maximum Gasteiger partial charge on any atom is 0.231 e. The van der Waals surface area contributed by atoms with Crippen LogP contribution in [-0.4, -0.2) is 19.7 Å². The van der Waals surface area contributed by atoms with Crippen molar-refractivity contribution in [2.75, 3.05) is 13.9 Å². The number of methoxy groups -OCH3 is 1. The SMILES string of the molecule is COc1ccc(CC(=O)C2(c3ccc4c(c3)OCO4)CC2)cc1-c1cccc(CN)c1. The summed E-state index contributed by atoms with van der Waals surface area (Å²) in [6.07, 6.45) is 2.11. The van der Waals surface area contributed by atoms with Crippen molar-refractivity contribution in [3.8, 4) is 28.4 Å². The Hall–Kier alpha value is -3.31. The van der Waals surface area contributed by atoms with Gasteiger partial charge < -0.3 is 19.9 Å². The Kier molecular flexibility index (Phi) is 4.91. The summed E-state index contributed by atoms with van der Waals surface area (Å²) in [4.78, 5) is 13.4. The van der Waals surface area contributed by atoms with Crippen molar-refractivity contribution in [1.82, 2.24) is 0 Å². The van der Waals surface area contributed by atoms with Gasteiger partial charge in [-0.15, -0.1) is 0 Å². The van der Waals surface area contributed by atoms with Crippen LogP contribution in [0.3, 0.4) is 0 Å². The van der Waals surface area contributed by atoms with Crippen molar-refractivity contribution in [1.29, 1.82) is 0 Å². The van der Waals surface area contributed by atoms with Gasteiger partial charge in [-0.25, -0.2) is 0 Å². The zero-order valence-corrected chi connectivity index (χ0v) is 17.5. The molecule has 1 saturated carbocycles. The predicted octanol–water partition coefficient (Wildman–Crippen LogP) is 4.39. The Morgan fingerprint density at radius 3 is 2.61 bits per heavy atom. The highest BCUT2D eigenvalue weighted by Crippen LogP contribution is 2.51. The largest absolute Gasteiger partial charge is 0.496 e. The van der Waals surface area contributed by atoms with Crippen LogP contribution in [0.1, 0.15) is 29.5 Å². The molecule has 5 nitrogen and oxygen atoms in total. The summed E-state index contributed by atoms with van der Waals surface area (Å²) in [7, 11) is 1.66. The van der Waals surface area contributed by atoms with Crippen LogP contribution in [0.15, 0.2) is 60.7 Å². The summed E-state index contributed by atoms with van der Waals surface area (Å²) in [6.45, 7) is 0.714. The van der Waals surface area contributed by atoms with Gasteiger partial charge >= 0.3 is 0 Å². The molecule has 1 heterocycles. The lowest BCUT2D eigenvalue weighted by molar-refractivity contribution is -0.120. The maximum atomic E-state index is 13.4. The minimum absolute atomic E-state index is 0.234. The third-order valence-corrected chi connectivity index (χ3v) is 6.31. The molecule has 0 radical (unpaired) electrons. The lowest BCUT2D eigenvalue weighted by atomic mass is 9.87. The first kappa shape index (κ1) is 19.6. The van der Waals surface area contributed by atoms with E-state index in [4.69, 9.17) is 19.9 Å². The molecule has 0 saturated heterocycles. The molecule has 3 aromatic carbocycles. The maximum absolute atomic E-state index is 13.4. The normalized spacial score (nSPS) is 15.5. The van der Waals surface area contributed by atoms with E-state index in [9.17, 15) is 4.79 Å². The fourth-order valence-electron chi connectivity index (χ4n) is 4.36. The fraction of sp³-hybridized carbons (Fsp3) is 0.269. The minimum atomic E-state index is -0.416. The number of hydrogen-bond acceptors (Lipinski definition) is 5. The van der Waals surface area contributed by atoms with Gasteiger partial charge in [0.15, 0.2) is 11.5 Å². The summed E-state index contributed by atoms with van der Waals surface area (Å²) in [6, 6.07) is 19.9. The van der Waals surface area contributed by atoms with E-state index in [1.54, 1.807) is 7.11 Å². The quantitative estimate of drug-likeness (QED) is 0.620. The van der Waals surface area contributed by atoms with Crippen molar-refractivity contribution >= 4 is 5.78 Å². The van der Waals surface area contributed by atoms with Crippen LogP contribution < -0.4 is 19.9 Å². The first-order valence-corrected chi connectivity index (χ1v) is 10.5. The minimum Gasteiger partial charge on any atom is -0.496 e. The average Bonchev–Trinajstić information content (AvgIpc) is 3.50. The Labute approximate surface area is 181 Å². The van der Waals surface area contributed by atoms with Crippen LogP contribution >= 0.6 is 0 Å². The molecule has 1 aliphatic heterocycles. The van der Waals surface area contributed by atoms with E-state index in [2.05, 4.69) is 12.1 Å². The molecule has 0 unspecified atom stereocenters. The third kappa shape index (κ3) is 3.55. The zero-order chi connectivity index (χ0) is 21.4. The second kappa shape index (κ2) is 7.75. The summed E-state index contributed by atoms with van der Waals surface area (Å²) in [5.74, 6) is 2.48. The summed E-state index contributed by atoms with van der Waals surface area (Å²) < 4.78 is 16.5. The molecule has 0 bridgehead atoms. The van der Waals surface area contributed by atoms with E-state index < -0.39 is 5.41 Å². The number of rotatable bonds is 7. The number of benzene rings is 3. The first-order valence-electron chi connectivity index (χ1n) is 10.5. The Morgan fingerprint density at radius 2 is 1.84 bits per heavy atom. The van der Waals surface area contributed by atoms with Gasteiger partial charge in [0, 0.05) is 18.5 Å². The second-order valence-electron chi connectivity index (χ2n) is 8.19. The van der Waals surface area contributed by atoms with Crippen molar-refractivity contribution < 1.29 is 19.0 Å². The van der Waals surface area contributed by atoms with Crippen LogP contribution in [0.5, 0.6) is 17.2 Å². The molecular weight excluding hydrogens is 390 g/mol. The Balaban J connectivity index is 1.43. The van der Waals surface area contributed by atoms with Gasteiger partial charge in [0.2, 0.25) is 6.79 Å². The average molecular weight is 415 g/mol. The van der Waals surface area contributed by atoms with Crippen molar-refractivity contribution in [2.24, 2.45) is 5.73 Å². The van der Waals surface area contributed by atoms with Crippen molar-refractivity contribution in [2.45, 2.75) is 31.2 Å². The summed E-state index contributed by atoms with van der Waals surface area (Å²) >= 11 is 0. The third-order valence-electron chi connectivity index (χ3n) is 6.31. The van der Waals surface area contributed by atoms with Crippen LogP contribution in [0, 0.1) is 0 Å². The second-order valence-corrected chi connectivity index (χ2v) is 8.19. The summed E-state index contributed by atoms with van der Waals surface area (Å²) in [5, 5.41) is 0. The van der Waals surface area contributed by atoms with Gasteiger partial charge in [-0.1, -0.05) is 30.3 Å². The number of Topliss-reactive ketones (excluding diaryl/α,β-unsaturated/α-hetero) is 1. The topological polar surface area (TPSA) is 70.8 Å². The van der Waals surface area contributed by atoms with Gasteiger partial charge in [0.05, 0.1) is 12.5 Å². The highest BCUT2D eigenvalue weighted by molar-refractivity contribution is 5.95. The van der Waals surface area contributed by atoms with Gasteiger partial charge in [-0.05, 0) is 65.4 Å². The molecule has 2 aliphatic rings. The van der Waals surface area contributed by atoms with E-state index >= 15 is 0 Å². The Bertz CT molecular complexity index is 1150. The van der Waals surface area contributed by atoms with E-state index in [1.165, 1.54) is 0 Å². The molecule has 5 heteroatoms. The summed E-state index contributed by atoms with van der Waals surface area (Å²) in [5.41, 5.74) is 10.5. The highest BCUT2D eigenvalue weighted by atomic mass is 16.7. The van der Waals surface area contributed by atoms with Gasteiger partial charge in [-0.3, -0.25) is 4.79 Å². The van der Waals surface area contributed by atoms with Gasteiger partial charge in [0.1, 0.15) is 11.5 Å². The first-order chi connectivity index (χ1) is 15.1. The van der Waals surface area contributed by atoms with Crippen molar-refractivity contribution in [3.05, 3.63) is 77.4 Å². The van der Waals surface area contributed by atoms with Crippen LogP contribution in [0.2, 0.25) is 0 Å². The standard InChI is InChI=1S/C26H25NO4/c1-29-22-7-5-17(12-21(22)19-4-2-3-18(11-19)15-27)13-25(28)26(9-10-26)20-6-8-23-24(14-20)31-16-30-23/h2-8,11-12,14H,9-10,13,15-16,27H2,1H3. The molecule has 31 heavy (non-hydrogen) atoms. The molecular formula is C26H25NO4. The number of ether oxygens (including phenoxy) is 3. The smallest absolute Gasteiger partial charge is 0.231 e. The number of hydrogen-bond donors (Lipinski definition) is 1. The molecule has 0 atom stereocenters. The van der Waals surface area contributed by atoms with Gasteiger partial charge in [-0.2, -0.15) is 0 Å². The molecule has 1 aliphatic carbocycles. The zero-order valence-electron chi connectivity index (χ0n) is 17.5. The van der Waals surface area contributed by atoms with Gasteiger partial charge in [0.25, 0.3) is 0 Å². The number of fused-ring (bicyclic) bond motifs is 1. The lowest BCUT2D eigenvalue weighted by Crippen LogP contribution is -2.22. The molecule has 3 aromatic rings. The fourth-order valence-corrected chi connectivity index (χ4v) is 4.36. The van der Waals surface area contributed by atoms with E-state index in [1.807, 2.05) is 48.5 Å². The van der Waals surface area contributed by atoms with Crippen LogP contribution in [0.4, 0.5) is 0 Å². The van der Waals surface area contributed by atoms with Crippen LogP contribution in [0.25, 0.3) is 11.1 Å². The van der Waals surface area contributed by atoms with E-state index in [0.29, 0.717) is 13.0 Å². The number of carbonyl (C=O) groups is 1. The number of nitrogens with two attached hydrogens (primary N) is 1. The van der Waals surface area contributed by atoms with Crippen LogP contribution in [-0.2, 0) is 23.2 Å². The van der Waals surface area contributed by atoms with E-state index in [0.717, 1.165) is 57.9 Å². The molecule has 5 rings (SSSR count). The molecule has 158 valence electrons. The number of ketones is 1. The van der Waals surface area contributed by atoms with Crippen molar-refractivity contribution in [3.63, 3.8) is 0 Å². The molecule has 1 fully saturated rings. The predicted molar refractivity (Wildman–Crippen MR) is 119 cm³/mol. The Morgan fingerprint density at radius 1 is 1.00 bits per heavy atom.